The molecule has 0 radical (unpaired) electrons. The van der Waals surface area contributed by atoms with Gasteiger partial charge in [-0.3, -0.25) is 9.88 Å². The van der Waals surface area contributed by atoms with E-state index in [0.717, 1.165) is 6.07 Å². The third-order valence-corrected chi connectivity index (χ3v) is 4.20. The summed E-state index contributed by atoms with van der Waals surface area (Å²) >= 11 is 0. The fraction of sp³-hybridized carbons (Fsp3) is 0.294. The summed E-state index contributed by atoms with van der Waals surface area (Å²) in [6.07, 6.45) is 0.330. The minimum atomic E-state index is -4.33. The minimum absolute atomic E-state index is 0.0683. The van der Waals surface area contributed by atoms with Crippen LogP contribution in [0.2, 0.25) is 0 Å². The van der Waals surface area contributed by atoms with Gasteiger partial charge in [-0.1, -0.05) is 23.4 Å². The number of hydrogen-bond acceptors (Lipinski definition) is 6. The molecule has 1 aliphatic heterocycles. The highest BCUT2D eigenvalue weighted by Gasteiger charge is 2.34. The van der Waals surface area contributed by atoms with Gasteiger partial charge in [0, 0.05) is 32.0 Å². The lowest BCUT2D eigenvalue weighted by Gasteiger charge is -2.37. The van der Waals surface area contributed by atoms with Crippen molar-refractivity contribution in [2.75, 3.05) is 13.1 Å². The van der Waals surface area contributed by atoms with Gasteiger partial charge in [0.15, 0.2) is 0 Å². The SMILES string of the molecule is FC(F)(F)c1cccc(CN2CC(c3nc(-c4cnccn4)no3)C2)c1. The Bertz CT molecular complexity index is 891. The molecule has 26 heavy (non-hydrogen) atoms. The van der Waals surface area contributed by atoms with Crippen molar-refractivity contribution < 1.29 is 17.7 Å². The summed E-state index contributed by atoms with van der Waals surface area (Å²) in [7, 11) is 0. The van der Waals surface area contributed by atoms with E-state index in [1.807, 2.05) is 4.90 Å². The van der Waals surface area contributed by atoms with Gasteiger partial charge in [0.1, 0.15) is 5.69 Å². The molecule has 3 aromatic rings. The van der Waals surface area contributed by atoms with E-state index in [9.17, 15) is 13.2 Å². The van der Waals surface area contributed by atoms with E-state index in [-0.39, 0.29) is 5.92 Å². The van der Waals surface area contributed by atoms with Gasteiger partial charge in [0.05, 0.1) is 17.7 Å². The molecule has 4 rings (SSSR count). The van der Waals surface area contributed by atoms with Gasteiger partial charge in [-0.15, -0.1) is 0 Å². The van der Waals surface area contributed by atoms with E-state index >= 15 is 0 Å². The summed E-state index contributed by atoms with van der Waals surface area (Å²) in [5.74, 6) is 0.953. The average Bonchev–Trinajstić information content (AvgIpc) is 3.07. The van der Waals surface area contributed by atoms with E-state index < -0.39 is 11.7 Å². The lowest BCUT2D eigenvalue weighted by atomic mass is 9.99. The second kappa shape index (κ2) is 6.49. The van der Waals surface area contributed by atoms with E-state index in [1.165, 1.54) is 12.1 Å². The van der Waals surface area contributed by atoms with Crippen molar-refractivity contribution in [1.29, 1.82) is 0 Å². The first-order valence-corrected chi connectivity index (χ1v) is 7.97. The highest BCUT2D eigenvalue weighted by Crippen LogP contribution is 2.31. The Hall–Kier alpha value is -2.81. The van der Waals surface area contributed by atoms with Gasteiger partial charge in [-0.25, -0.2) is 4.98 Å². The Morgan fingerprint density at radius 3 is 2.77 bits per heavy atom. The highest BCUT2D eigenvalue weighted by molar-refractivity contribution is 5.45. The number of aromatic nitrogens is 4. The van der Waals surface area contributed by atoms with Crippen molar-refractivity contribution in [3.63, 3.8) is 0 Å². The number of benzene rings is 1. The Kier molecular flexibility index (Phi) is 4.15. The third-order valence-electron chi connectivity index (χ3n) is 4.20. The largest absolute Gasteiger partial charge is 0.416 e. The van der Waals surface area contributed by atoms with Gasteiger partial charge in [0.25, 0.3) is 0 Å². The Labute approximate surface area is 146 Å². The molecule has 0 saturated carbocycles. The number of hydrogen-bond donors (Lipinski definition) is 0. The lowest BCUT2D eigenvalue weighted by Crippen LogP contribution is -2.44. The number of rotatable bonds is 4. The van der Waals surface area contributed by atoms with E-state index in [0.29, 0.717) is 42.6 Å². The molecule has 9 heteroatoms. The van der Waals surface area contributed by atoms with Crippen molar-refractivity contribution in [1.82, 2.24) is 25.0 Å². The molecule has 0 N–H and O–H groups in total. The van der Waals surface area contributed by atoms with Crippen LogP contribution in [0, 0.1) is 0 Å². The van der Waals surface area contributed by atoms with Crippen molar-refractivity contribution in [3.8, 4) is 11.5 Å². The summed E-state index contributed by atoms with van der Waals surface area (Å²) in [5.41, 5.74) is 0.532. The van der Waals surface area contributed by atoms with Gasteiger partial charge in [0.2, 0.25) is 11.7 Å². The van der Waals surface area contributed by atoms with Crippen LogP contribution in [0.25, 0.3) is 11.5 Å². The van der Waals surface area contributed by atoms with Crippen LogP contribution in [0.1, 0.15) is 22.9 Å². The number of likely N-dealkylation sites (tertiary alicyclic amines) is 1. The zero-order valence-electron chi connectivity index (χ0n) is 13.5. The lowest BCUT2D eigenvalue weighted by molar-refractivity contribution is -0.137. The summed E-state index contributed by atoms with van der Waals surface area (Å²) < 4.78 is 43.6. The van der Waals surface area contributed by atoms with E-state index in [2.05, 4.69) is 20.1 Å². The smallest absolute Gasteiger partial charge is 0.339 e. The Balaban J connectivity index is 1.37. The van der Waals surface area contributed by atoms with Crippen molar-refractivity contribution in [2.24, 2.45) is 0 Å². The molecule has 0 bridgehead atoms. The zero-order chi connectivity index (χ0) is 18.1. The molecule has 0 unspecified atom stereocenters. The molecule has 134 valence electrons. The van der Waals surface area contributed by atoms with E-state index in [1.54, 1.807) is 24.7 Å². The summed E-state index contributed by atoms with van der Waals surface area (Å²) in [6.45, 7) is 1.75. The molecular formula is C17H14F3N5O. The predicted molar refractivity (Wildman–Crippen MR) is 84.8 cm³/mol. The minimum Gasteiger partial charge on any atom is -0.339 e. The molecule has 0 amide bonds. The van der Waals surface area contributed by atoms with Gasteiger partial charge in [-0.2, -0.15) is 18.2 Å². The van der Waals surface area contributed by atoms with Crippen LogP contribution in [-0.2, 0) is 12.7 Å². The predicted octanol–water partition coefficient (Wildman–Crippen LogP) is 3.14. The van der Waals surface area contributed by atoms with Gasteiger partial charge in [-0.05, 0) is 11.6 Å². The average molecular weight is 361 g/mol. The normalized spacial score (nSPS) is 15.8. The van der Waals surface area contributed by atoms with Crippen LogP contribution in [0.3, 0.4) is 0 Å². The first kappa shape index (κ1) is 16.6. The zero-order valence-corrected chi connectivity index (χ0v) is 13.5. The molecule has 6 nitrogen and oxygen atoms in total. The maximum atomic E-state index is 12.8. The van der Waals surface area contributed by atoms with Crippen LogP contribution in [-0.4, -0.2) is 38.1 Å². The van der Waals surface area contributed by atoms with Crippen LogP contribution >= 0.6 is 0 Å². The molecule has 0 atom stereocenters. The monoisotopic (exact) mass is 361 g/mol. The van der Waals surface area contributed by atoms with Crippen molar-refractivity contribution >= 4 is 0 Å². The maximum Gasteiger partial charge on any atom is 0.416 e. The highest BCUT2D eigenvalue weighted by atomic mass is 19.4. The second-order valence-electron chi connectivity index (χ2n) is 6.14. The van der Waals surface area contributed by atoms with Crippen molar-refractivity contribution in [2.45, 2.75) is 18.6 Å². The quantitative estimate of drug-likeness (QED) is 0.711. The topological polar surface area (TPSA) is 67.9 Å². The number of alkyl halides is 3. The molecule has 0 spiro atoms. The molecule has 1 fully saturated rings. The van der Waals surface area contributed by atoms with Gasteiger partial charge >= 0.3 is 6.18 Å². The van der Waals surface area contributed by atoms with Gasteiger partial charge < -0.3 is 4.52 Å². The Morgan fingerprint density at radius 2 is 2.04 bits per heavy atom. The summed E-state index contributed by atoms with van der Waals surface area (Å²) in [6, 6.07) is 5.39. The third kappa shape index (κ3) is 3.43. The second-order valence-corrected chi connectivity index (χ2v) is 6.14. The number of halogens is 3. The molecule has 1 aliphatic rings. The Morgan fingerprint density at radius 1 is 1.19 bits per heavy atom. The first-order chi connectivity index (χ1) is 12.5. The van der Waals surface area contributed by atoms with Crippen LogP contribution < -0.4 is 0 Å². The summed E-state index contributed by atoms with van der Waals surface area (Å²) in [4.78, 5) is 14.4. The maximum absolute atomic E-state index is 12.8. The molecular weight excluding hydrogens is 347 g/mol. The fourth-order valence-electron chi connectivity index (χ4n) is 2.88. The number of nitrogens with zero attached hydrogens (tertiary/aromatic N) is 5. The molecule has 1 saturated heterocycles. The van der Waals surface area contributed by atoms with Crippen LogP contribution in [0.5, 0.6) is 0 Å². The van der Waals surface area contributed by atoms with Crippen LogP contribution in [0.15, 0.2) is 47.4 Å². The van der Waals surface area contributed by atoms with Crippen LogP contribution in [0.4, 0.5) is 13.2 Å². The molecule has 0 aliphatic carbocycles. The first-order valence-electron chi connectivity index (χ1n) is 7.97. The fourth-order valence-corrected chi connectivity index (χ4v) is 2.88. The summed E-state index contributed by atoms with van der Waals surface area (Å²) in [5, 5.41) is 3.90. The molecule has 3 heterocycles. The molecule has 1 aromatic carbocycles. The van der Waals surface area contributed by atoms with E-state index in [4.69, 9.17) is 4.52 Å². The standard InChI is InChI=1S/C17H14F3N5O/c18-17(19,20)13-3-1-2-11(6-13)8-25-9-12(10-25)16-23-15(24-26-16)14-7-21-4-5-22-14/h1-7,12H,8-10H2. The molecule has 2 aromatic heterocycles. The van der Waals surface area contributed by atoms with Crippen molar-refractivity contribution in [3.05, 3.63) is 59.9 Å².